The number of carbonyl (C=O) groups is 1. The number of fused-ring (bicyclic) bond motifs is 1. The van der Waals surface area contributed by atoms with E-state index in [0.29, 0.717) is 18.6 Å². The Morgan fingerprint density at radius 1 is 0.909 bits per heavy atom. The van der Waals surface area contributed by atoms with Crippen LogP contribution in [0.2, 0.25) is 0 Å². The van der Waals surface area contributed by atoms with Gasteiger partial charge < -0.3 is 14.7 Å². The third-order valence-corrected chi connectivity index (χ3v) is 7.49. The summed E-state index contributed by atoms with van der Waals surface area (Å²) < 4.78 is 0. The maximum Gasteiger partial charge on any atom is 0.137 e. The van der Waals surface area contributed by atoms with Crippen LogP contribution in [0.5, 0.6) is 0 Å². The van der Waals surface area contributed by atoms with Crippen LogP contribution in [0.15, 0.2) is 24.3 Å². The number of anilines is 1. The van der Waals surface area contributed by atoms with Crippen LogP contribution < -0.4 is 4.90 Å². The number of pyridine rings is 1. The number of piperazine rings is 1. The first kappa shape index (κ1) is 24.2. The summed E-state index contributed by atoms with van der Waals surface area (Å²) in [5.74, 6) is 1.45. The van der Waals surface area contributed by atoms with Gasteiger partial charge in [-0.05, 0) is 88.1 Å². The van der Waals surface area contributed by atoms with E-state index in [1.54, 1.807) is 0 Å². The van der Waals surface area contributed by atoms with Crippen molar-refractivity contribution in [3.63, 3.8) is 0 Å². The number of hydrogen-bond donors (Lipinski definition) is 0. The first-order valence-corrected chi connectivity index (χ1v) is 13.2. The quantitative estimate of drug-likeness (QED) is 0.511. The van der Waals surface area contributed by atoms with Gasteiger partial charge in [0.2, 0.25) is 0 Å². The molecule has 2 saturated heterocycles. The topological polar surface area (TPSA) is 39.7 Å². The van der Waals surface area contributed by atoms with Gasteiger partial charge in [-0.3, -0.25) is 4.79 Å². The lowest BCUT2D eigenvalue weighted by atomic mass is 10.0. The molecule has 2 aliphatic heterocycles. The van der Waals surface area contributed by atoms with Crippen LogP contribution in [-0.2, 0) is 11.2 Å². The van der Waals surface area contributed by atoms with Crippen LogP contribution in [0.1, 0.15) is 63.0 Å². The zero-order valence-corrected chi connectivity index (χ0v) is 20.8. The summed E-state index contributed by atoms with van der Waals surface area (Å²) >= 11 is 0. The molecule has 5 nitrogen and oxygen atoms in total. The number of carbonyl (C=O) groups excluding carboxylic acids is 1. The Labute approximate surface area is 200 Å². The van der Waals surface area contributed by atoms with Crippen LogP contribution in [0.4, 0.5) is 5.82 Å². The van der Waals surface area contributed by atoms with Gasteiger partial charge in [0.1, 0.15) is 11.6 Å². The number of rotatable bonds is 9. The molecule has 0 bridgehead atoms. The second kappa shape index (κ2) is 11.9. The van der Waals surface area contributed by atoms with E-state index >= 15 is 0 Å². The number of ketones is 1. The van der Waals surface area contributed by atoms with Crippen LogP contribution in [0, 0.1) is 6.92 Å². The second-order valence-corrected chi connectivity index (χ2v) is 10.00. The van der Waals surface area contributed by atoms with Crippen molar-refractivity contribution in [2.24, 2.45) is 0 Å². The molecule has 3 heterocycles. The monoisotopic (exact) mass is 450 g/mol. The average molecular weight is 451 g/mol. The smallest absolute Gasteiger partial charge is 0.137 e. The highest BCUT2D eigenvalue weighted by atomic mass is 16.1. The van der Waals surface area contributed by atoms with Gasteiger partial charge in [0.25, 0.3) is 0 Å². The average Bonchev–Trinajstić information content (AvgIpc) is 3.11. The van der Waals surface area contributed by atoms with E-state index in [0.717, 1.165) is 69.0 Å². The first-order chi connectivity index (χ1) is 16.1. The van der Waals surface area contributed by atoms with Gasteiger partial charge in [-0.1, -0.05) is 25.8 Å². The van der Waals surface area contributed by atoms with E-state index in [-0.39, 0.29) is 0 Å². The summed E-state index contributed by atoms with van der Waals surface area (Å²) in [6.45, 7) is 13.5. The normalized spacial score (nSPS) is 18.5. The zero-order chi connectivity index (χ0) is 23.0. The number of unbranched alkanes of at least 4 members (excludes halogenated alkanes) is 1. The van der Waals surface area contributed by atoms with Gasteiger partial charge in [-0.15, -0.1) is 0 Å². The number of aryl methyl sites for hydroxylation is 1. The molecule has 0 radical (unpaired) electrons. The van der Waals surface area contributed by atoms with E-state index < -0.39 is 0 Å². The Kier molecular flexibility index (Phi) is 8.74. The van der Waals surface area contributed by atoms with E-state index in [1.807, 2.05) is 0 Å². The number of aromatic nitrogens is 1. The minimum Gasteiger partial charge on any atom is -0.354 e. The molecule has 2 fully saturated rings. The molecule has 180 valence electrons. The molecule has 0 atom stereocenters. The highest BCUT2D eigenvalue weighted by Crippen LogP contribution is 2.25. The summed E-state index contributed by atoms with van der Waals surface area (Å²) in [6, 6.07) is 8.61. The summed E-state index contributed by atoms with van der Waals surface area (Å²) in [7, 11) is 0. The number of benzene rings is 1. The molecule has 33 heavy (non-hydrogen) atoms. The van der Waals surface area contributed by atoms with Crippen molar-refractivity contribution in [3.05, 3.63) is 35.4 Å². The minimum atomic E-state index is 0.362. The van der Waals surface area contributed by atoms with E-state index in [9.17, 15) is 4.79 Å². The SMILES string of the molecule is CCN1CCN(c2cc(C)c3cc(CC(=O)CCCCN4CCCCCC4)ccc3n2)CC1. The van der Waals surface area contributed by atoms with Gasteiger partial charge >= 0.3 is 0 Å². The molecule has 2 aromatic rings. The van der Waals surface area contributed by atoms with E-state index in [4.69, 9.17) is 4.98 Å². The molecule has 1 aromatic carbocycles. The summed E-state index contributed by atoms with van der Waals surface area (Å²) in [4.78, 5) is 25.1. The number of likely N-dealkylation sites (N-methyl/N-ethyl adjacent to an activating group) is 1. The van der Waals surface area contributed by atoms with Crippen molar-refractivity contribution in [2.45, 2.75) is 65.2 Å². The highest BCUT2D eigenvalue weighted by Gasteiger charge is 2.18. The van der Waals surface area contributed by atoms with Crippen LogP contribution >= 0.6 is 0 Å². The molecule has 0 aliphatic carbocycles. The Balaban J connectivity index is 1.29. The lowest BCUT2D eigenvalue weighted by molar-refractivity contribution is -0.118. The number of Topliss-reactive ketones (excluding diaryl/α,β-unsaturated/α-hetero) is 1. The predicted octanol–water partition coefficient (Wildman–Crippen LogP) is 4.84. The summed E-state index contributed by atoms with van der Waals surface area (Å²) in [5, 5.41) is 1.18. The molecule has 2 aliphatic rings. The van der Waals surface area contributed by atoms with Gasteiger partial charge in [0.05, 0.1) is 5.52 Å². The fourth-order valence-corrected chi connectivity index (χ4v) is 5.32. The molecular weight excluding hydrogens is 408 g/mol. The molecule has 0 spiro atoms. The molecule has 1 aromatic heterocycles. The number of hydrogen-bond acceptors (Lipinski definition) is 5. The maximum absolute atomic E-state index is 12.6. The zero-order valence-electron chi connectivity index (χ0n) is 20.8. The fraction of sp³-hybridized carbons (Fsp3) is 0.643. The molecular formula is C28H42N4O. The maximum atomic E-state index is 12.6. The van der Waals surface area contributed by atoms with Gasteiger partial charge in [-0.25, -0.2) is 4.98 Å². The number of likely N-dealkylation sites (tertiary alicyclic amines) is 1. The van der Waals surface area contributed by atoms with Crippen LogP contribution in [-0.4, -0.2) is 72.9 Å². The molecule has 0 N–H and O–H groups in total. The second-order valence-electron chi connectivity index (χ2n) is 10.00. The van der Waals surface area contributed by atoms with Crippen LogP contribution in [0.3, 0.4) is 0 Å². The molecule has 5 heteroatoms. The highest BCUT2D eigenvalue weighted by molar-refractivity contribution is 5.87. The fourth-order valence-electron chi connectivity index (χ4n) is 5.32. The van der Waals surface area contributed by atoms with Crippen molar-refractivity contribution in [3.8, 4) is 0 Å². The molecule has 0 saturated carbocycles. The number of nitrogens with zero attached hydrogens (tertiary/aromatic N) is 4. The Morgan fingerprint density at radius 3 is 2.39 bits per heavy atom. The Morgan fingerprint density at radius 2 is 1.67 bits per heavy atom. The van der Waals surface area contributed by atoms with Gasteiger partial charge in [-0.2, -0.15) is 0 Å². The Bertz CT molecular complexity index is 911. The molecule has 0 amide bonds. The lowest BCUT2D eigenvalue weighted by Gasteiger charge is -2.35. The third kappa shape index (κ3) is 6.77. The van der Waals surface area contributed by atoms with Crippen molar-refractivity contribution in [1.82, 2.24) is 14.8 Å². The standard InChI is InChI=1S/C28H42N4O/c1-3-30-16-18-32(19-17-30)28-20-23(2)26-22-24(11-12-27(26)29-28)21-25(33)10-6-9-15-31-13-7-4-5-8-14-31/h11-12,20,22H,3-10,13-19,21H2,1-2H3. The van der Waals surface area contributed by atoms with E-state index in [2.05, 4.69) is 52.8 Å². The molecule has 4 rings (SSSR count). The molecule has 0 unspecified atom stereocenters. The van der Waals surface area contributed by atoms with E-state index in [1.165, 1.54) is 49.7 Å². The lowest BCUT2D eigenvalue weighted by Crippen LogP contribution is -2.46. The van der Waals surface area contributed by atoms with Crippen molar-refractivity contribution in [2.75, 3.05) is 57.3 Å². The first-order valence-electron chi connectivity index (χ1n) is 13.2. The van der Waals surface area contributed by atoms with Crippen molar-refractivity contribution >= 4 is 22.5 Å². The predicted molar refractivity (Wildman–Crippen MR) is 138 cm³/mol. The third-order valence-electron chi connectivity index (χ3n) is 7.49. The largest absolute Gasteiger partial charge is 0.354 e. The van der Waals surface area contributed by atoms with Crippen molar-refractivity contribution in [1.29, 1.82) is 0 Å². The Hall–Kier alpha value is -1.98. The van der Waals surface area contributed by atoms with Crippen LogP contribution in [0.25, 0.3) is 10.9 Å². The summed E-state index contributed by atoms with van der Waals surface area (Å²) in [6.07, 6.45) is 8.84. The van der Waals surface area contributed by atoms with Crippen molar-refractivity contribution < 1.29 is 4.79 Å². The minimum absolute atomic E-state index is 0.362. The summed E-state index contributed by atoms with van der Waals surface area (Å²) in [5.41, 5.74) is 3.41. The van der Waals surface area contributed by atoms with Gasteiger partial charge in [0.15, 0.2) is 0 Å². The van der Waals surface area contributed by atoms with Gasteiger partial charge in [0, 0.05) is 44.4 Å².